The molecule has 0 unspecified atom stereocenters. The van der Waals surface area contributed by atoms with Crippen LogP contribution in [0.2, 0.25) is 0 Å². The van der Waals surface area contributed by atoms with Gasteiger partial charge in [0.15, 0.2) is 5.65 Å². The summed E-state index contributed by atoms with van der Waals surface area (Å²) in [6.45, 7) is 10.6. The number of methoxy groups -OCH3 is 1. The van der Waals surface area contributed by atoms with Gasteiger partial charge in [0.25, 0.3) is 0 Å². The lowest BCUT2D eigenvalue weighted by Gasteiger charge is -2.29. The molecule has 0 saturated heterocycles. The summed E-state index contributed by atoms with van der Waals surface area (Å²) in [6, 6.07) is 8.72. The summed E-state index contributed by atoms with van der Waals surface area (Å²) in [4.78, 5) is 11.6. The molecule has 1 aromatic carbocycles. The minimum absolute atomic E-state index is 0.556. The average molecular weight is 458 g/mol. The van der Waals surface area contributed by atoms with E-state index in [2.05, 4.69) is 48.1 Å². The van der Waals surface area contributed by atoms with Crippen molar-refractivity contribution in [1.29, 1.82) is 0 Å². The van der Waals surface area contributed by atoms with E-state index in [-0.39, 0.29) is 0 Å². The van der Waals surface area contributed by atoms with E-state index in [4.69, 9.17) is 14.8 Å². The third-order valence-electron chi connectivity index (χ3n) is 6.31. The second-order valence-corrected chi connectivity index (χ2v) is 9.14. The van der Waals surface area contributed by atoms with E-state index in [1.807, 2.05) is 46.6 Å². The summed E-state index contributed by atoms with van der Waals surface area (Å²) in [6.07, 6.45) is 9.12. The molecule has 8 heteroatoms. The van der Waals surface area contributed by atoms with Gasteiger partial charge in [-0.3, -0.25) is 4.90 Å². The molecule has 4 aromatic rings. The summed E-state index contributed by atoms with van der Waals surface area (Å²) in [5.74, 6) is 1.30. The zero-order valence-corrected chi connectivity index (χ0v) is 20.4. The third kappa shape index (κ3) is 4.28. The summed E-state index contributed by atoms with van der Waals surface area (Å²) < 4.78 is 9.47. The molecule has 1 aliphatic rings. The van der Waals surface area contributed by atoms with E-state index in [0.29, 0.717) is 12.0 Å². The molecular weight excluding hydrogens is 426 g/mol. The molecular formula is C26H31N7O. The van der Waals surface area contributed by atoms with Gasteiger partial charge in [-0.05, 0) is 63.5 Å². The molecule has 176 valence electrons. The number of benzene rings is 1. The lowest BCUT2D eigenvalue weighted by atomic mass is 9.98. The Labute approximate surface area is 199 Å². The molecule has 3 aromatic heterocycles. The van der Waals surface area contributed by atoms with Crippen LogP contribution >= 0.6 is 0 Å². The zero-order chi connectivity index (χ0) is 23.8. The Morgan fingerprint density at radius 2 is 1.97 bits per heavy atom. The van der Waals surface area contributed by atoms with Crippen LogP contribution < -0.4 is 10.1 Å². The number of ether oxygens (including phenoxy) is 1. The van der Waals surface area contributed by atoms with Crippen molar-refractivity contribution in [2.45, 2.75) is 40.2 Å². The number of anilines is 2. The normalized spacial score (nSPS) is 14.6. The molecule has 0 bridgehead atoms. The Kier molecular flexibility index (Phi) is 5.83. The molecule has 0 saturated carbocycles. The second kappa shape index (κ2) is 8.95. The average Bonchev–Trinajstić information content (AvgIpc) is 3.44. The van der Waals surface area contributed by atoms with Crippen LogP contribution in [0.3, 0.4) is 0 Å². The maximum absolute atomic E-state index is 5.64. The van der Waals surface area contributed by atoms with Crippen molar-refractivity contribution in [3.63, 3.8) is 0 Å². The molecule has 0 aliphatic carbocycles. The van der Waals surface area contributed by atoms with Crippen LogP contribution in [-0.4, -0.2) is 55.3 Å². The van der Waals surface area contributed by atoms with Crippen LogP contribution in [0.15, 0.2) is 49.1 Å². The summed E-state index contributed by atoms with van der Waals surface area (Å²) in [5, 5.41) is 8.06. The minimum Gasteiger partial charge on any atom is -0.494 e. The molecule has 0 spiro atoms. The SMILES string of the molecule is COc1cc(Nc2nc3c(C4=CCN(C(C)C)CC4)cc(C)cn3n2)ccc1-n1cnc(C)c1. The van der Waals surface area contributed by atoms with Crippen LogP contribution in [0.25, 0.3) is 16.9 Å². The van der Waals surface area contributed by atoms with E-state index in [1.165, 1.54) is 5.57 Å². The number of rotatable bonds is 6. The van der Waals surface area contributed by atoms with E-state index in [1.54, 1.807) is 13.4 Å². The Balaban J connectivity index is 1.45. The first-order valence-electron chi connectivity index (χ1n) is 11.7. The van der Waals surface area contributed by atoms with Crippen LogP contribution in [-0.2, 0) is 0 Å². The first kappa shape index (κ1) is 22.2. The van der Waals surface area contributed by atoms with Gasteiger partial charge < -0.3 is 14.6 Å². The fourth-order valence-electron chi connectivity index (χ4n) is 4.46. The van der Waals surface area contributed by atoms with Crippen molar-refractivity contribution in [2.75, 3.05) is 25.5 Å². The van der Waals surface area contributed by atoms with E-state index < -0.39 is 0 Å². The molecule has 5 rings (SSSR count). The predicted octanol–water partition coefficient (Wildman–Crippen LogP) is 4.78. The van der Waals surface area contributed by atoms with Crippen LogP contribution in [0, 0.1) is 13.8 Å². The molecule has 0 fully saturated rings. The van der Waals surface area contributed by atoms with Gasteiger partial charge in [-0.2, -0.15) is 4.98 Å². The largest absolute Gasteiger partial charge is 0.494 e. The van der Waals surface area contributed by atoms with E-state index in [9.17, 15) is 0 Å². The highest BCUT2D eigenvalue weighted by molar-refractivity contribution is 5.78. The van der Waals surface area contributed by atoms with Crippen molar-refractivity contribution in [3.8, 4) is 11.4 Å². The Bertz CT molecular complexity index is 1360. The molecule has 34 heavy (non-hydrogen) atoms. The van der Waals surface area contributed by atoms with Crippen molar-refractivity contribution in [1.82, 2.24) is 29.0 Å². The van der Waals surface area contributed by atoms with E-state index >= 15 is 0 Å². The molecule has 0 amide bonds. The highest BCUT2D eigenvalue weighted by atomic mass is 16.5. The number of hydrogen-bond acceptors (Lipinski definition) is 6. The molecule has 1 N–H and O–H groups in total. The van der Waals surface area contributed by atoms with Gasteiger partial charge in [-0.25, -0.2) is 9.50 Å². The highest BCUT2D eigenvalue weighted by Gasteiger charge is 2.19. The quantitative estimate of drug-likeness (QED) is 0.449. The second-order valence-electron chi connectivity index (χ2n) is 9.14. The number of imidazole rings is 1. The summed E-state index contributed by atoms with van der Waals surface area (Å²) in [5.41, 5.74) is 7.26. The maximum Gasteiger partial charge on any atom is 0.247 e. The number of nitrogens with zero attached hydrogens (tertiary/aromatic N) is 6. The number of fused-ring (bicyclic) bond motifs is 1. The molecule has 1 aliphatic heterocycles. The van der Waals surface area contributed by atoms with Crippen LogP contribution in [0.5, 0.6) is 5.75 Å². The zero-order valence-electron chi connectivity index (χ0n) is 20.4. The number of aromatic nitrogens is 5. The smallest absolute Gasteiger partial charge is 0.247 e. The molecule has 0 atom stereocenters. The van der Waals surface area contributed by atoms with Gasteiger partial charge in [0.2, 0.25) is 5.95 Å². The van der Waals surface area contributed by atoms with Crippen molar-refractivity contribution >= 4 is 22.9 Å². The Morgan fingerprint density at radius 3 is 2.65 bits per heavy atom. The van der Waals surface area contributed by atoms with Gasteiger partial charge in [0, 0.05) is 48.8 Å². The van der Waals surface area contributed by atoms with Gasteiger partial charge in [0.1, 0.15) is 5.75 Å². The third-order valence-corrected chi connectivity index (χ3v) is 6.31. The topological polar surface area (TPSA) is 72.5 Å². The van der Waals surface area contributed by atoms with Crippen LogP contribution in [0.4, 0.5) is 11.6 Å². The lowest BCUT2D eigenvalue weighted by molar-refractivity contribution is 0.245. The van der Waals surface area contributed by atoms with Gasteiger partial charge >= 0.3 is 0 Å². The number of hydrogen-bond donors (Lipinski definition) is 1. The Hall–Kier alpha value is -3.65. The molecule has 8 nitrogen and oxygen atoms in total. The van der Waals surface area contributed by atoms with Crippen molar-refractivity contribution in [2.24, 2.45) is 0 Å². The fraction of sp³-hybridized carbons (Fsp3) is 0.346. The summed E-state index contributed by atoms with van der Waals surface area (Å²) >= 11 is 0. The van der Waals surface area contributed by atoms with Gasteiger partial charge in [0.05, 0.1) is 24.8 Å². The maximum atomic E-state index is 5.64. The van der Waals surface area contributed by atoms with Gasteiger partial charge in [-0.15, -0.1) is 5.10 Å². The molecule has 0 radical (unpaired) electrons. The first-order valence-corrected chi connectivity index (χ1v) is 11.7. The highest BCUT2D eigenvalue weighted by Crippen LogP contribution is 2.30. The fourth-order valence-corrected chi connectivity index (χ4v) is 4.46. The molecule has 4 heterocycles. The monoisotopic (exact) mass is 457 g/mol. The lowest BCUT2D eigenvalue weighted by Crippen LogP contribution is -2.34. The van der Waals surface area contributed by atoms with Crippen molar-refractivity contribution < 1.29 is 4.74 Å². The number of aryl methyl sites for hydroxylation is 2. The minimum atomic E-state index is 0.556. The predicted molar refractivity (Wildman–Crippen MR) is 135 cm³/mol. The van der Waals surface area contributed by atoms with Crippen LogP contribution in [0.1, 0.15) is 37.1 Å². The Morgan fingerprint density at radius 1 is 1.12 bits per heavy atom. The van der Waals surface area contributed by atoms with Crippen molar-refractivity contribution in [3.05, 3.63) is 65.9 Å². The standard InChI is InChI=1S/C26H31N7O/c1-17(2)31-10-8-20(9-11-31)22-12-18(3)14-33-25(22)29-26(30-33)28-21-6-7-23(24(13-21)34-5)32-15-19(4)27-16-32/h6-8,12-17H,9-11H2,1-5H3,(H,28,30). The van der Waals surface area contributed by atoms with Gasteiger partial charge in [-0.1, -0.05) is 6.08 Å². The number of pyridine rings is 1. The number of nitrogens with one attached hydrogen (secondary N) is 1. The summed E-state index contributed by atoms with van der Waals surface area (Å²) in [7, 11) is 1.67. The van der Waals surface area contributed by atoms with E-state index in [0.717, 1.165) is 59.1 Å². The first-order chi connectivity index (χ1) is 16.4.